The maximum absolute atomic E-state index is 12.7. The molecule has 0 bridgehead atoms. The van der Waals surface area contributed by atoms with Crippen LogP contribution in [0, 0.1) is 0 Å². The average molecular weight is 542 g/mol. The summed E-state index contributed by atoms with van der Waals surface area (Å²) in [6.45, 7) is 5.81. The number of hydrogen-bond donors (Lipinski definition) is 3. The van der Waals surface area contributed by atoms with Crippen LogP contribution < -0.4 is 20.8 Å². The molecule has 0 radical (unpaired) electrons. The second-order valence-corrected chi connectivity index (χ2v) is 9.61. The number of ether oxygens (including phenoxy) is 2. The van der Waals surface area contributed by atoms with Gasteiger partial charge in [0.05, 0.1) is 38.5 Å². The van der Waals surface area contributed by atoms with E-state index < -0.39 is 0 Å². The second kappa shape index (κ2) is 10.8. The number of hydrogen-bond acceptors (Lipinski definition) is 7. The van der Waals surface area contributed by atoms with Crippen molar-refractivity contribution in [3.05, 3.63) is 57.1 Å². The summed E-state index contributed by atoms with van der Waals surface area (Å²) in [5.74, 6) is 0.595. The largest absolute Gasteiger partial charge is 0.493 e. The van der Waals surface area contributed by atoms with Crippen molar-refractivity contribution in [2.75, 3.05) is 57.9 Å². The molecule has 0 aliphatic carbocycles. The van der Waals surface area contributed by atoms with E-state index >= 15 is 0 Å². The quantitative estimate of drug-likeness (QED) is 0.463. The van der Waals surface area contributed by atoms with E-state index in [0.29, 0.717) is 31.0 Å². The Balaban J connectivity index is 1.18. The Morgan fingerprint density at radius 2 is 2.00 bits per heavy atom. The van der Waals surface area contributed by atoms with Gasteiger partial charge in [0.25, 0.3) is 5.91 Å². The Kier molecular flexibility index (Phi) is 7.31. The third kappa shape index (κ3) is 5.66. The molecule has 3 heterocycles. The molecule has 5 rings (SSSR count). The smallest absolute Gasteiger partial charge is 0.251 e. The molecule has 35 heavy (non-hydrogen) atoms. The van der Waals surface area contributed by atoms with Gasteiger partial charge >= 0.3 is 0 Å². The molecular formula is C25H28BrN5O4. The van der Waals surface area contributed by atoms with E-state index in [9.17, 15) is 9.59 Å². The van der Waals surface area contributed by atoms with E-state index in [2.05, 4.69) is 42.0 Å². The number of fused-ring (bicyclic) bond motifs is 2. The summed E-state index contributed by atoms with van der Waals surface area (Å²) >= 11 is 3.58. The summed E-state index contributed by atoms with van der Waals surface area (Å²) < 4.78 is 11.6. The first-order valence-electron chi connectivity index (χ1n) is 11.8. The number of benzene rings is 2. The predicted molar refractivity (Wildman–Crippen MR) is 136 cm³/mol. The van der Waals surface area contributed by atoms with Crippen molar-refractivity contribution in [3.8, 4) is 5.75 Å². The molecule has 3 aliphatic heterocycles. The van der Waals surface area contributed by atoms with Crippen LogP contribution in [0.1, 0.15) is 27.0 Å². The van der Waals surface area contributed by atoms with Crippen LogP contribution in [-0.2, 0) is 22.4 Å². The minimum atomic E-state index is -0.183. The number of carbonyl (C=O) groups is 2. The van der Waals surface area contributed by atoms with Gasteiger partial charge in [0, 0.05) is 53.9 Å². The highest BCUT2D eigenvalue weighted by molar-refractivity contribution is 9.10. The molecule has 3 aliphatic rings. The first kappa shape index (κ1) is 23.8. The molecule has 3 N–H and O–H groups in total. The minimum absolute atomic E-state index is 0.123. The van der Waals surface area contributed by atoms with Gasteiger partial charge in [-0.2, -0.15) is 5.10 Å². The normalized spacial score (nSPS) is 17.9. The van der Waals surface area contributed by atoms with Gasteiger partial charge in [-0.05, 0) is 29.3 Å². The second-order valence-electron chi connectivity index (χ2n) is 8.75. The zero-order valence-corrected chi connectivity index (χ0v) is 20.9. The van der Waals surface area contributed by atoms with Gasteiger partial charge in [0.15, 0.2) is 0 Å². The first-order chi connectivity index (χ1) is 17.1. The average Bonchev–Trinajstić information content (AvgIpc) is 3.50. The number of halogens is 1. The summed E-state index contributed by atoms with van der Waals surface area (Å²) in [5.41, 5.74) is 7.68. The van der Waals surface area contributed by atoms with E-state index in [0.717, 1.165) is 71.9 Å². The highest BCUT2D eigenvalue weighted by Gasteiger charge is 2.23. The van der Waals surface area contributed by atoms with Crippen LogP contribution in [0.25, 0.3) is 0 Å². The molecule has 0 atom stereocenters. The van der Waals surface area contributed by atoms with Gasteiger partial charge in [-0.3, -0.25) is 14.5 Å². The molecule has 1 saturated heterocycles. The zero-order valence-electron chi connectivity index (χ0n) is 19.4. The minimum Gasteiger partial charge on any atom is -0.493 e. The summed E-state index contributed by atoms with van der Waals surface area (Å²) in [6.07, 6.45) is 1.12. The van der Waals surface area contributed by atoms with Crippen LogP contribution in [0.4, 0.5) is 5.69 Å². The lowest BCUT2D eigenvalue weighted by atomic mass is 10.1. The summed E-state index contributed by atoms with van der Waals surface area (Å²) in [6, 6.07) is 9.46. The molecule has 9 nitrogen and oxygen atoms in total. The van der Waals surface area contributed by atoms with Gasteiger partial charge in [-0.25, -0.2) is 5.43 Å². The maximum Gasteiger partial charge on any atom is 0.251 e. The highest BCUT2D eigenvalue weighted by atomic mass is 79.9. The van der Waals surface area contributed by atoms with Crippen LogP contribution >= 0.6 is 15.9 Å². The SMILES string of the molecule is O=C(Cc1ccc2c(c1)CCO2)N/N=C1\CNc2cc(C(=O)NCCN3CCOCC3)cc(Br)c21. The number of hydrazone groups is 1. The van der Waals surface area contributed by atoms with Gasteiger partial charge in [0.2, 0.25) is 5.91 Å². The molecule has 2 amide bonds. The molecule has 1 fully saturated rings. The maximum atomic E-state index is 12.7. The van der Waals surface area contributed by atoms with Crippen molar-refractivity contribution in [2.24, 2.45) is 5.10 Å². The number of morpholine rings is 1. The van der Waals surface area contributed by atoms with Gasteiger partial charge in [-0.15, -0.1) is 0 Å². The molecule has 2 aromatic rings. The highest BCUT2D eigenvalue weighted by Crippen LogP contribution is 2.32. The molecular weight excluding hydrogens is 514 g/mol. The topological polar surface area (TPSA) is 104 Å². The van der Waals surface area contributed by atoms with E-state index in [-0.39, 0.29) is 18.2 Å². The predicted octanol–water partition coefficient (Wildman–Crippen LogP) is 1.93. The van der Waals surface area contributed by atoms with Crippen LogP contribution in [-0.4, -0.2) is 75.0 Å². The summed E-state index contributed by atoms with van der Waals surface area (Å²) in [7, 11) is 0. The van der Waals surface area contributed by atoms with Crippen LogP contribution in [0.5, 0.6) is 5.75 Å². The number of nitrogens with one attached hydrogen (secondary N) is 3. The van der Waals surface area contributed by atoms with Gasteiger partial charge in [-0.1, -0.05) is 28.1 Å². The van der Waals surface area contributed by atoms with Gasteiger partial charge in [0.1, 0.15) is 5.75 Å². The third-order valence-electron chi connectivity index (χ3n) is 6.34. The lowest BCUT2D eigenvalue weighted by Gasteiger charge is -2.26. The van der Waals surface area contributed by atoms with Crippen molar-refractivity contribution < 1.29 is 19.1 Å². The number of anilines is 1. The van der Waals surface area contributed by atoms with E-state index in [1.807, 2.05) is 24.3 Å². The van der Waals surface area contributed by atoms with Crippen LogP contribution in [0.2, 0.25) is 0 Å². The molecule has 0 saturated carbocycles. The monoisotopic (exact) mass is 541 g/mol. The molecule has 184 valence electrons. The number of nitrogens with zero attached hydrogens (tertiary/aromatic N) is 2. The van der Waals surface area contributed by atoms with Crippen molar-refractivity contribution >= 4 is 39.1 Å². The number of amides is 2. The summed E-state index contributed by atoms with van der Waals surface area (Å²) in [5, 5.41) is 10.6. The molecule has 0 spiro atoms. The third-order valence-corrected chi connectivity index (χ3v) is 6.96. The fourth-order valence-corrected chi connectivity index (χ4v) is 5.18. The van der Waals surface area contributed by atoms with Crippen molar-refractivity contribution in [1.29, 1.82) is 0 Å². The zero-order chi connectivity index (χ0) is 24.2. The fraction of sp³-hybridized carbons (Fsp3) is 0.400. The van der Waals surface area contributed by atoms with Crippen LogP contribution in [0.3, 0.4) is 0 Å². The Morgan fingerprint density at radius 3 is 2.86 bits per heavy atom. The standard InChI is InChI=1S/C25H28BrN5O4/c26-19-13-18(25(33)27-4-5-31-6-9-34-10-7-31)14-20-24(19)21(15-28-20)29-30-23(32)12-16-1-2-22-17(11-16)3-8-35-22/h1-2,11,13-14,28H,3-10,12,15H2,(H,27,33)(H,30,32)/b29-21+. The van der Waals surface area contributed by atoms with Crippen LogP contribution in [0.15, 0.2) is 39.9 Å². The van der Waals surface area contributed by atoms with Crippen molar-refractivity contribution in [3.63, 3.8) is 0 Å². The Morgan fingerprint density at radius 1 is 1.14 bits per heavy atom. The Labute approximate surface area is 212 Å². The lowest BCUT2D eigenvalue weighted by molar-refractivity contribution is -0.120. The Bertz CT molecular complexity index is 1160. The van der Waals surface area contributed by atoms with E-state index in [4.69, 9.17) is 9.47 Å². The molecule has 0 unspecified atom stereocenters. The lowest BCUT2D eigenvalue weighted by Crippen LogP contribution is -2.41. The Hall–Kier alpha value is -2.95. The molecule has 2 aromatic carbocycles. The van der Waals surface area contributed by atoms with E-state index in [1.165, 1.54) is 0 Å². The number of carbonyl (C=O) groups excluding carboxylic acids is 2. The summed E-state index contributed by atoms with van der Waals surface area (Å²) in [4.78, 5) is 27.4. The number of rotatable bonds is 7. The van der Waals surface area contributed by atoms with E-state index in [1.54, 1.807) is 6.07 Å². The fourth-order valence-electron chi connectivity index (χ4n) is 4.49. The molecule has 0 aromatic heterocycles. The van der Waals surface area contributed by atoms with Crippen molar-refractivity contribution in [2.45, 2.75) is 12.8 Å². The van der Waals surface area contributed by atoms with Gasteiger partial charge < -0.3 is 20.1 Å². The molecule has 10 heteroatoms. The first-order valence-corrected chi connectivity index (χ1v) is 12.6. The van der Waals surface area contributed by atoms with Crippen molar-refractivity contribution in [1.82, 2.24) is 15.6 Å².